The number of nitrogens with one attached hydrogen (secondary N) is 5. The molecule has 0 spiro atoms. The van der Waals surface area contributed by atoms with E-state index in [2.05, 4.69) is 31.6 Å². The van der Waals surface area contributed by atoms with Crippen molar-refractivity contribution in [2.24, 2.45) is 0 Å². The van der Waals surface area contributed by atoms with Crippen LogP contribution in [0.4, 0.5) is 21.9 Å². The number of fused-ring (bicyclic) bond motifs is 1. The molecule has 0 bridgehead atoms. The zero-order valence-corrected chi connectivity index (χ0v) is 26.1. The molecule has 234 valence electrons. The van der Waals surface area contributed by atoms with Crippen LogP contribution in [-0.2, 0) is 11.3 Å². The Balaban J connectivity index is 1.24. The van der Waals surface area contributed by atoms with E-state index in [1.807, 2.05) is 61.5 Å². The average molecular weight is 643 g/mol. The minimum Gasteiger partial charge on any atom is -0.380 e. The van der Waals surface area contributed by atoms with E-state index in [9.17, 15) is 14.4 Å². The SMILES string of the molecule is C[C@@H](NC(=O)c1ccc2c(c1)C(=C(NCc1cccc(NC(=O)Nc3cccc(Cl)c3)c1)c1cccnc1)C(=O)N2)c1ccccc1. The lowest BCUT2D eigenvalue weighted by Crippen LogP contribution is -2.26. The zero-order chi connectivity index (χ0) is 32.8. The Labute approximate surface area is 277 Å². The van der Waals surface area contributed by atoms with E-state index in [0.717, 1.165) is 11.1 Å². The van der Waals surface area contributed by atoms with Crippen LogP contribution in [0.1, 0.15) is 45.6 Å². The normalized spacial score (nSPS) is 13.5. The summed E-state index contributed by atoms with van der Waals surface area (Å²) in [6.45, 7) is 2.26. The number of rotatable bonds is 9. The topological polar surface area (TPSA) is 124 Å². The average Bonchev–Trinajstić information content (AvgIpc) is 3.40. The maximum Gasteiger partial charge on any atom is 0.323 e. The molecule has 0 fully saturated rings. The summed E-state index contributed by atoms with van der Waals surface area (Å²) in [5.41, 5.74) is 6.31. The molecule has 0 saturated carbocycles. The van der Waals surface area contributed by atoms with Crippen molar-refractivity contribution in [1.82, 2.24) is 15.6 Å². The highest BCUT2D eigenvalue weighted by atomic mass is 35.5. The first-order valence-corrected chi connectivity index (χ1v) is 15.3. The van der Waals surface area contributed by atoms with Gasteiger partial charge in [-0.05, 0) is 78.7 Å². The summed E-state index contributed by atoms with van der Waals surface area (Å²) in [5, 5.41) is 15.5. The Kier molecular flexibility index (Phi) is 9.26. The van der Waals surface area contributed by atoms with E-state index >= 15 is 0 Å². The number of nitrogens with zero attached hydrogens (tertiary/aromatic N) is 1. The van der Waals surface area contributed by atoms with Crippen LogP contribution < -0.4 is 26.6 Å². The Morgan fingerprint density at radius 3 is 2.34 bits per heavy atom. The van der Waals surface area contributed by atoms with Crippen molar-refractivity contribution >= 4 is 57.8 Å². The monoisotopic (exact) mass is 642 g/mol. The molecule has 5 N–H and O–H groups in total. The predicted octanol–water partition coefficient (Wildman–Crippen LogP) is 7.48. The number of pyridine rings is 1. The van der Waals surface area contributed by atoms with Crippen molar-refractivity contribution in [3.05, 3.63) is 154 Å². The molecular weight excluding hydrogens is 612 g/mol. The molecule has 1 aliphatic rings. The molecule has 47 heavy (non-hydrogen) atoms. The number of carbonyl (C=O) groups is 3. The van der Waals surface area contributed by atoms with Crippen LogP contribution in [0, 0.1) is 0 Å². The standard InChI is InChI=1S/C37H31ClN6O3/c1-23(25-9-3-2-4-10-25)41-35(45)26-15-16-32-31(19-26)33(36(46)44-32)34(27-11-7-17-39-22-27)40-21-24-8-5-13-29(18-24)42-37(47)43-30-14-6-12-28(38)20-30/h2-20,22-23,40H,21H2,1H3,(H,41,45)(H,44,46)(H2,42,43,47)/t23-/m1/s1. The molecule has 0 radical (unpaired) electrons. The summed E-state index contributed by atoms with van der Waals surface area (Å²) >= 11 is 6.03. The van der Waals surface area contributed by atoms with Crippen LogP contribution in [0.2, 0.25) is 5.02 Å². The molecule has 1 atom stereocenters. The van der Waals surface area contributed by atoms with Crippen LogP contribution in [0.15, 0.2) is 122 Å². The highest BCUT2D eigenvalue weighted by Gasteiger charge is 2.29. The van der Waals surface area contributed by atoms with E-state index in [1.165, 1.54) is 0 Å². The first-order chi connectivity index (χ1) is 22.8. The molecule has 6 rings (SSSR count). The smallest absolute Gasteiger partial charge is 0.323 e. The minimum atomic E-state index is -0.409. The maximum atomic E-state index is 13.5. The second-order valence-electron chi connectivity index (χ2n) is 11.0. The fraction of sp³-hybridized carbons (Fsp3) is 0.0811. The number of urea groups is 1. The van der Waals surface area contributed by atoms with Gasteiger partial charge in [0.05, 0.1) is 17.3 Å². The number of halogens is 1. The van der Waals surface area contributed by atoms with Gasteiger partial charge in [0, 0.05) is 57.7 Å². The first-order valence-electron chi connectivity index (χ1n) is 15.0. The van der Waals surface area contributed by atoms with Crippen LogP contribution >= 0.6 is 11.6 Å². The minimum absolute atomic E-state index is 0.201. The number of benzene rings is 4. The second-order valence-corrected chi connectivity index (χ2v) is 11.4. The van der Waals surface area contributed by atoms with E-state index in [-0.39, 0.29) is 17.9 Å². The van der Waals surface area contributed by atoms with Gasteiger partial charge in [0.25, 0.3) is 11.8 Å². The van der Waals surface area contributed by atoms with Gasteiger partial charge in [-0.25, -0.2) is 4.79 Å². The van der Waals surface area contributed by atoms with E-state index in [1.54, 1.807) is 67.0 Å². The molecule has 0 aliphatic carbocycles. The molecule has 9 nitrogen and oxygen atoms in total. The van der Waals surface area contributed by atoms with Gasteiger partial charge in [-0.2, -0.15) is 0 Å². The summed E-state index contributed by atoms with van der Waals surface area (Å²) in [5.74, 6) is -0.544. The maximum absolute atomic E-state index is 13.5. The van der Waals surface area contributed by atoms with Crippen LogP contribution in [0.25, 0.3) is 11.3 Å². The molecule has 10 heteroatoms. The number of hydrogen-bond acceptors (Lipinski definition) is 5. The van der Waals surface area contributed by atoms with Gasteiger partial charge in [-0.15, -0.1) is 0 Å². The quantitative estimate of drug-likeness (QED) is 0.107. The molecule has 0 unspecified atom stereocenters. The lowest BCUT2D eigenvalue weighted by Gasteiger charge is -2.16. The van der Waals surface area contributed by atoms with E-state index < -0.39 is 6.03 Å². The third-order valence-corrected chi connectivity index (χ3v) is 7.85. The second kappa shape index (κ2) is 14.0. The van der Waals surface area contributed by atoms with Crippen molar-refractivity contribution < 1.29 is 14.4 Å². The molecule has 4 amide bonds. The first kappa shape index (κ1) is 31.1. The van der Waals surface area contributed by atoms with E-state index in [0.29, 0.717) is 56.6 Å². The molecule has 2 heterocycles. The largest absolute Gasteiger partial charge is 0.380 e. The van der Waals surface area contributed by atoms with Crippen LogP contribution in [0.3, 0.4) is 0 Å². The summed E-state index contributed by atoms with van der Waals surface area (Å²) < 4.78 is 0. The number of carbonyl (C=O) groups excluding carboxylic acids is 3. The zero-order valence-electron chi connectivity index (χ0n) is 25.4. The summed E-state index contributed by atoms with van der Waals surface area (Å²) in [6, 6.07) is 32.2. The Morgan fingerprint density at radius 1 is 0.830 bits per heavy atom. The molecule has 5 aromatic rings. The van der Waals surface area contributed by atoms with Gasteiger partial charge in [-0.3, -0.25) is 14.6 Å². The predicted molar refractivity (Wildman–Crippen MR) is 186 cm³/mol. The summed E-state index contributed by atoms with van der Waals surface area (Å²) in [7, 11) is 0. The van der Waals surface area contributed by atoms with Gasteiger partial charge >= 0.3 is 6.03 Å². The number of aromatic nitrogens is 1. The van der Waals surface area contributed by atoms with Crippen molar-refractivity contribution in [3.8, 4) is 0 Å². The Morgan fingerprint density at radius 2 is 1.60 bits per heavy atom. The van der Waals surface area contributed by atoms with Gasteiger partial charge in [0.1, 0.15) is 0 Å². The summed E-state index contributed by atoms with van der Waals surface area (Å²) in [6.07, 6.45) is 3.34. The fourth-order valence-corrected chi connectivity index (χ4v) is 5.51. The molecule has 1 aliphatic heterocycles. The summed E-state index contributed by atoms with van der Waals surface area (Å²) in [4.78, 5) is 43.6. The van der Waals surface area contributed by atoms with E-state index in [4.69, 9.17) is 11.6 Å². The molecule has 0 saturated heterocycles. The third kappa shape index (κ3) is 7.49. The number of anilines is 3. The Hall–Kier alpha value is -5.93. The highest BCUT2D eigenvalue weighted by Crippen LogP contribution is 2.37. The van der Waals surface area contributed by atoms with Gasteiger partial charge in [0.15, 0.2) is 0 Å². The number of amides is 4. The lowest BCUT2D eigenvalue weighted by molar-refractivity contribution is -0.110. The van der Waals surface area contributed by atoms with Crippen LogP contribution in [-0.4, -0.2) is 22.8 Å². The number of hydrogen-bond donors (Lipinski definition) is 5. The Bertz CT molecular complexity index is 1980. The van der Waals surface area contributed by atoms with Crippen molar-refractivity contribution in [3.63, 3.8) is 0 Å². The van der Waals surface area contributed by atoms with Crippen LogP contribution in [0.5, 0.6) is 0 Å². The molecular formula is C37H31ClN6O3. The molecule has 1 aromatic heterocycles. The van der Waals surface area contributed by atoms with Crippen molar-refractivity contribution in [1.29, 1.82) is 0 Å². The lowest BCUT2D eigenvalue weighted by atomic mass is 9.98. The highest BCUT2D eigenvalue weighted by molar-refractivity contribution is 6.36. The third-order valence-electron chi connectivity index (χ3n) is 7.61. The van der Waals surface area contributed by atoms with Gasteiger partial charge < -0.3 is 26.6 Å². The van der Waals surface area contributed by atoms with Crippen molar-refractivity contribution in [2.45, 2.75) is 19.5 Å². The fourth-order valence-electron chi connectivity index (χ4n) is 5.32. The van der Waals surface area contributed by atoms with Crippen molar-refractivity contribution in [2.75, 3.05) is 16.0 Å². The molecule has 4 aromatic carbocycles. The van der Waals surface area contributed by atoms with Gasteiger partial charge in [0.2, 0.25) is 0 Å². The van der Waals surface area contributed by atoms with Gasteiger partial charge in [-0.1, -0.05) is 60.1 Å².